The summed E-state index contributed by atoms with van der Waals surface area (Å²) < 4.78 is 0. The number of fused-ring (bicyclic) bond motifs is 1. The van der Waals surface area contributed by atoms with E-state index in [2.05, 4.69) is 5.16 Å². The van der Waals surface area contributed by atoms with Crippen LogP contribution < -0.4 is 5.73 Å². The van der Waals surface area contributed by atoms with Gasteiger partial charge in [-0.15, -0.1) is 0 Å². The Kier molecular flexibility index (Phi) is 3.78. The Balaban J connectivity index is 1.90. The molecule has 0 saturated heterocycles. The summed E-state index contributed by atoms with van der Waals surface area (Å²) in [6.07, 6.45) is 3.89. The molecule has 2 aliphatic rings. The van der Waals surface area contributed by atoms with Gasteiger partial charge in [0, 0.05) is 24.9 Å². The van der Waals surface area contributed by atoms with Crippen molar-refractivity contribution in [2.24, 2.45) is 28.6 Å². The summed E-state index contributed by atoms with van der Waals surface area (Å²) in [7, 11) is 0. The molecular formula is C13H23N3O2. The SMILES string of the molecule is CC(C)N(CCC(N)=NO)C(=O)C1CC2CC2C1. The van der Waals surface area contributed by atoms with E-state index in [1.165, 1.54) is 6.42 Å². The second kappa shape index (κ2) is 5.16. The van der Waals surface area contributed by atoms with Gasteiger partial charge in [0.25, 0.3) is 0 Å². The van der Waals surface area contributed by atoms with Gasteiger partial charge in [-0.1, -0.05) is 5.16 Å². The molecule has 2 atom stereocenters. The summed E-state index contributed by atoms with van der Waals surface area (Å²) in [5.74, 6) is 2.28. The lowest BCUT2D eigenvalue weighted by molar-refractivity contribution is -0.137. The van der Waals surface area contributed by atoms with Crippen molar-refractivity contribution in [1.29, 1.82) is 0 Å². The zero-order valence-corrected chi connectivity index (χ0v) is 11.2. The van der Waals surface area contributed by atoms with Crippen LogP contribution in [-0.2, 0) is 4.79 Å². The minimum atomic E-state index is 0.168. The lowest BCUT2D eigenvalue weighted by atomic mass is 10.0. The van der Waals surface area contributed by atoms with Gasteiger partial charge in [-0.2, -0.15) is 0 Å². The normalized spacial score (nSPS) is 30.4. The maximum absolute atomic E-state index is 12.4. The number of nitrogens with zero attached hydrogens (tertiary/aromatic N) is 2. The molecule has 0 radical (unpaired) electrons. The fourth-order valence-electron chi connectivity index (χ4n) is 3.06. The molecule has 18 heavy (non-hydrogen) atoms. The first-order chi connectivity index (χ1) is 8.52. The standard InChI is InChI=1S/C13H23N3O2/c1-8(2)16(4-3-12(14)15-18)13(17)11-6-9-5-10(9)7-11/h8-11,18H,3-7H2,1-2H3,(H2,14,15). The molecule has 2 rings (SSSR count). The fraction of sp³-hybridized carbons (Fsp3) is 0.846. The average Bonchev–Trinajstić information content (AvgIpc) is 2.95. The highest BCUT2D eigenvalue weighted by molar-refractivity contribution is 5.82. The molecule has 0 aromatic carbocycles. The number of nitrogens with two attached hydrogens (primary N) is 1. The molecule has 1 amide bonds. The third kappa shape index (κ3) is 2.76. The summed E-state index contributed by atoms with van der Waals surface area (Å²) in [5.41, 5.74) is 5.47. The van der Waals surface area contributed by atoms with Crippen molar-refractivity contribution in [3.05, 3.63) is 0 Å². The van der Waals surface area contributed by atoms with Gasteiger partial charge in [-0.25, -0.2) is 0 Å². The average molecular weight is 253 g/mol. The molecule has 3 N–H and O–H groups in total. The predicted octanol–water partition coefficient (Wildman–Crippen LogP) is 1.41. The lowest BCUT2D eigenvalue weighted by Crippen LogP contribution is -2.42. The number of rotatable bonds is 5. The zero-order chi connectivity index (χ0) is 13.3. The summed E-state index contributed by atoms with van der Waals surface area (Å²) in [6, 6.07) is 0.168. The molecule has 0 bridgehead atoms. The lowest BCUT2D eigenvalue weighted by Gasteiger charge is -2.29. The Bertz CT molecular complexity index is 344. The highest BCUT2D eigenvalue weighted by atomic mass is 16.4. The van der Waals surface area contributed by atoms with Crippen LogP contribution in [0.5, 0.6) is 0 Å². The smallest absolute Gasteiger partial charge is 0.225 e. The summed E-state index contributed by atoms with van der Waals surface area (Å²) in [6.45, 7) is 4.57. The quantitative estimate of drug-likeness (QED) is 0.336. The fourth-order valence-corrected chi connectivity index (χ4v) is 3.06. The zero-order valence-electron chi connectivity index (χ0n) is 11.2. The van der Waals surface area contributed by atoms with Crippen LogP contribution in [0, 0.1) is 17.8 Å². The van der Waals surface area contributed by atoms with E-state index in [9.17, 15) is 4.79 Å². The molecule has 0 spiro atoms. The Morgan fingerprint density at radius 1 is 1.39 bits per heavy atom. The predicted molar refractivity (Wildman–Crippen MR) is 69.2 cm³/mol. The first-order valence-electron chi connectivity index (χ1n) is 6.79. The number of hydrogen-bond acceptors (Lipinski definition) is 3. The third-order valence-corrected chi connectivity index (χ3v) is 4.24. The Hall–Kier alpha value is -1.26. The summed E-state index contributed by atoms with van der Waals surface area (Å²) in [4.78, 5) is 14.3. The van der Waals surface area contributed by atoms with E-state index in [0.717, 1.165) is 24.7 Å². The van der Waals surface area contributed by atoms with Crippen LogP contribution in [0.2, 0.25) is 0 Å². The van der Waals surface area contributed by atoms with Crippen LogP contribution >= 0.6 is 0 Å². The molecule has 5 heteroatoms. The number of oxime groups is 1. The van der Waals surface area contributed by atoms with Gasteiger partial charge in [0.05, 0.1) is 0 Å². The van der Waals surface area contributed by atoms with E-state index in [1.54, 1.807) is 0 Å². The van der Waals surface area contributed by atoms with Crippen molar-refractivity contribution >= 4 is 11.7 Å². The van der Waals surface area contributed by atoms with Crippen molar-refractivity contribution < 1.29 is 10.0 Å². The number of carbonyl (C=O) groups excluding carboxylic acids is 1. The summed E-state index contributed by atoms with van der Waals surface area (Å²) >= 11 is 0. The van der Waals surface area contributed by atoms with Crippen molar-refractivity contribution in [3.63, 3.8) is 0 Å². The molecule has 2 fully saturated rings. The Labute approximate surface area is 108 Å². The van der Waals surface area contributed by atoms with Crippen molar-refractivity contribution in [1.82, 2.24) is 4.90 Å². The molecule has 0 heterocycles. The van der Waals surface area contributed by atoms with Crippen LogP contribution in [0.4, 0.5) is 0 Å². The van der Waals surface area contributed by atoms with Crippen molar-refractivity contribution in [2.75, 3.05) is 6.54 Å². The Morgan fingerprint density at radius 2 is 2.00 bits per heavy atom. The van der Waals surface area contributed by atoms with Crippen LogP contribution in [0.1, 0.15) is 39.5 Å². The molecule has 2 unspecified atom stereocenters. The molecule has 0 aromatic rings. The van der Waals surface area contributed by atoms with Crippen LogP contribution in [0.3, 0.4) is 0 Å². The van der Waals surface area contributed by atoms with E-state index in [1.807, 2.05) is 18.7 Å². The van der Waals surface area contributed by atoms with Gasteiger partial charge in [-0.3, -0.25) is 4.79 Å². The highest BCUT2D eigenvalue weighted by Crippen LogP contribution is 2.54. The third-order valence-electron chi connectivity index (χ3n) is 4.24. The second-order valence-corrected chi connectivity index (χ2v) is 5.89. The van der Waals surface area contributed by atoms with Gasteiger partial charge in [0.2, 0.25) is 5.91 Å². The summed E-state index contributed by atoms with van der Waals surface area (Å²) in [5, 5.41) is 11.5. The number of carbonyl (C=O) groups is 1. The van der Waals surface area contributed by atoms with E-state index in [4.69, 9.17) is 10.9 Å². The van der Waals surface area contributed by atoms with E-state index in [-0.39, 0.29) is 23.7 Å². The number of hydrogen-bond donors (Lipinski definition) is 2. The number of amidine groups is 1. The van der Waals surface area contributed by atoms with Crippen molar-refractivity contribution in [2.45, 2.75) is 45.6 Å². The van der Waals surface area contributed by atoms with E-state index >= 15 is 0 Å². The Morgan fingerprint density at radius 3 is 2.50 bits per heavy atom. The first kappa shape index (κ1) is 13.2. The first-order valence-corrected chi connectivity index (χ1v) is 6.79. The maximum atomic E-state index is 12.4. The van der Waals surface area contributed by atoms with Gasteiger partial charge in [0.1, 0.15) is 5.84 Å². The van der Waals surface area contributed by atoms with Crippen LogP contribution in [0.25, 0.3) is 0 Å². The van der Waals surface area contributed by atoms with Crippen LogP contribution in [-0.4, -0.2) is 34.4 Å². The minimum absolute atomic E-state index is 0.168. The van der Waals surface area contributed by atoms with E-state index < -0.39 is 0 Å². The van der Waals surface area contributed by atoms with Crippen molar-refractivity contribution in [3.8, 4) is 0 Å². The van der Waals surface area contributed by atoms with E-state index in [0.29, 0.717) is 13.0 Å². The monoisotopic (exact) mass is 253 g/mol. The van der Waals surface area contributed by atoms with Gasteiger partial charge in [-0.05, 0) is 44.9 Å². The number of amides is 1. The second-order valence-electron chi connectivity index (χ2n) is 5.89. The maximum Gasteiger partial charge on any atom is 0.225 e. The topological polar surface area (TPSA) is 78.9 Å². The molecule has 0 aliphatic heterocycles. The van der Waals surface area contributed by atoms with Gasteiger partial charge in [0.15, 0.2) is 0 Å². The van der Waals surface area contributed by atoms with Gasteiger partial charge < -0.3 is 15.8 Å². The highest BCUT2D eigenvalue weighted by Gasteiger charge is 2.48. The molecule has 5 nitrogen and oxygen atoms in total. The molecule has 102 valence electrons. The molecular weight excluding hydrogens is 230 g/mol. The molecule has 2 saturated carbocycles. The van der Waals surface area contributed by atoms with Crippen LogP contribution in [0.15, 0.2) is 5.16 Å². The minimum Gasteiger partial charge on any atom is -0.409 e. The largest absolute Gasteiger partial charge is 0.409 e. The molecule has 0 aromatic heterocycles. The molecule has 2 aliphatic carbocycles. The van der Waals surface area contributed by atoms with Gasteiger partial charge >= 0.3 is 0 Å².